The Labute approximate surface area is 241 Å². The summed E-state index contributed by atoms with van der Waals surface area (Å²) < 4.78 is 1.54. The van der Waals surface area contributed by atoms with Crippen LogP contribution in [0, 0.1) is 0 Å². The lowest BCUT2D eigenvalue weighted by Gasteiger charge is -2.29. The van der Waals surface area contributed by atoms with E-state index in [1.54, 1.807) is 35.1 Å². The van der Waals surface area contributed by atoms with Crippen LogP contribution in [0.2, 0.25) is 0 Å². The summed E-state index contributed by atoms with van der Waals surface area (Å²) in [6.45, 7) is 2.25. The lowest BCUT2D eigenvalue weighted by molar-refractivity contribution is -0.119. The summed E-state index contributed by atoms with van der Waals surface area (Å²) in [5, 5.41) is 7.49. The van der Waals surface area contributed by atoms with Crippen molar-refractivity contribution in [3.63, 3.8) is 0 Å². The number of anilines is 2. The van der Waals surface area contributed by atoms with E-state index in [1.807, 2.05) is 54.7 Å². The quantitative estimate of drug-likeness (QED) is 0.125. The molecular weight excluding hydrogens is 512 g/mol. The number of aldehydes is 1. The number of aromatic nitrogens is 1. The number of benzene rings is 3. The van der Waals surface area contributed by atoms with E-state index in [9.17, 15) is 9.59 Å². The van der Waals surface area contributed by atoms with E-state index >= 15 is 0 Å². The Balaban J connectivity index is 1.35. The van der Waals surface area contributed by atoms with Crippen LogP contribution in [-0.2, 0) is 4.79 Å². The molecule has 210 valence electrons. The van der Waals surface area contributed by atoms with Crippen LogP contribution in [0.25, 0.3) is 11.1 Å². The van der Waals surface area contributed by atoms with Gasteiger partial charge in [0, 0.05) is 18.8 Å². The minimum Gasteiger partial charge on any atom is -0.397 e. The van der Waals surface area contributed by atoms with Gasteiger partial charge in [0.25, 0.3) is 5.91 Å². The number of hydrogen-bond donors (Lipinski definition) is 2. The van der Waals surface area contributed by atoms with Crippen LogP contribution in [0.1, 0.15) is 46.4 Å². The van der Waals surface area contributed by atoms with E-state index in [1.165, 1.54) is 18.4 Å². The summed E-state index contributed by atoms with van der Waals surface area (Å²) in [5.41, 5.74) is 11.6. The molecule has 4 aromatic rings. The molecule has 3 aromatic carbocycles. The fraction of sp³-hybridized carbons (Fsp3) is 0.242. The second-order valence-electron chi connectivity index (χ2n) is 10.6. The van der Waals surface area contributed by atoms with Gasteiger partial charge in [0.2, 0.25) is 0 Å². The number of nitrogen functional groups attached to an aromatic ring is 1. The molecule has 1 aromatic heterocycles. The van der Waals surface area contributed by atoms with Crippen LogP contribution < -0.4 is 11.1 Å². The van der Waals surface area contributed by atoms with Crippen molar-refractivity contribution in [3.8, 4) is 11.1 Å². The predicted octanol–water partition coefficient (Wildman–Crippen LogP) is 5.46. The molecule has 1 saturated heterocycles. The van der Waals surface area contributed by atoms with Crippen molar-refractivity contribution in [1.82, 2.24) is 14.5 Å². The number of nitrogens with zero attached hydrogens (tertiary/aromatic N) is 4. The Hall–Kier alpha value is -4.69. The van der Waals surface area contributed by atoms with Crippen molar-refractivity contribution in [2.24, 2.45) is 5.10 Å². The third-order valence-corrected chi connectivity index (χ3v) is 7.73. The number of nitrogens with one attached hydrogen (secondary N) is 1. The molecule has 41 heavy (non-hydrogen) atoms. The van der Waals surface area contributed by atoms with Gasteiger partial charge in [-0.3, -0.25) is 9.59 Å². The van der Waals surface area contributed by atoms with Crippen LogP contribution in [-0.4, -0.2) is 60.2 Å². The second kappa shape index (κ2) is 12.7. The van der Waals surface area contributed by atoms with E-state index in [4.69, 9.17) is 5.73 Å². The van der Waals surface area contributed by atoms with E-state index in [-0.39, 0.29) is 5.91 Å². The van der Waals surface area contributed by atoms with Crippen molar-refractivity contribution in [2.45, 2.75) is 24.8 Å². The van der Waals surface area contributed by atoms with Crippen LogP contribution in [0.15, 0.2) is 96.2 Å². The summed E-state index contributed by atoms with van der Waals surface area (Å²) in [6, 6.07) is 26.4. The first kappa shape index (κ1) is 27.9. The third kappa shape index (κ3) is 6.56. The van der Waals surface area contributed by atoms with Gasteiger partial charge < -0.3 is 20.9 Å². The summed E-state index contributed by atoms with van der Waals surface area (Å²) in [4.78, 5) is 29.5. The number of carbonyl (C=O) groups excluding carboxylic acids is 2. The monoisotopic (exact) mass is 548 g/mol. The third-order valence-electron chi connectivity index (χ3n) is 7.73. The lowest BCUT2D eigenvalue weighted by atomic mass is 9.89. The molecule has 0 aliphatic carbocycles. The highest BCUT2D eigenvalue weighted by atomic mass is 16.2. The smallest absolute Gasteiger partial charge is 0.251 e. The van der Waals surface area contributed by atoms with Gasteiger partial charge in [-0.15, -0.1) is 0 Å². The minimum atomic E-state index is -0.679. The molecule has 5 rings (SSSR count). The standard InChI is InChI=1S/C33H36N6O2/c1-37-18-16-26(17-19-37)24-12-14-25(15-13-24)28-20-29(22-40)39(21-28)35-23-38(2)32(27-8-4-3-5-9-27)33(41)36-31-11-7-6-10-30(31)34/h3-15,20-23,26,32H,16-19,34H2,1-2H3,(H,36,41)/b35-23-. The molecule has 0 radical (unpaired) electrons. The van der Waals surface area contributed by atoms with Gasteiger partial charge in [-0.05, 0) is 73.8 Å². The normalized spacial score (nSPS) is 15.1. The Kier molecular flexibility index (Phi) is 8.60. The molecule has 0 saturated carbocycles. The van der Waals surface area contributed by atoms with Gasteiger partial charge in [0.05, 0.1) is 11.4 Å². The van der Waals surface area contributed by atoms with Crippen molar-refractivity contribution < 1.29 is 9.59 Å². The van der Waals surface area contributed by atoms with E-state index in [0.29, 0.717) is 23.0 Å². The summed E-state index contributed by atoms with van der Waals surface area (Å²) in [7, 11) is 3.95. The number of hydrogen-bond acceptors (Lipinski definition) is 5. The predicted molar refractivity (Wildman–Crippen MR) is 165 cm³/mol. The highest BCUT2D eigenvalue weighted by Crippen LogP contribution is 2.30. The number of para-hydroxylation sites is 2. The summed E-state index contributed by atoms with van der Waals surface area (Å²) >= 11 is 0. The van der Waals surface area contributed by atoms with Crippen LogP contribution in [0.4, 0.5) is 11.4 Å². The zero-order chi connectivity index (χ0) is 28.8. The van der Waals surface area contributed by atoms with E-state index in [0.717, 1.165) is 36.1 Å². The number of likely N-dealkylation sites (N-methyl/N-ethyl adjacent to an activating group) is 1. The number of likely N-dealkylation sites (tertiary alicyclic amines) is 1. The molecule has 1 aliphatic heterocycles. The zero-order valence-corrected chi connectivity index (χ0v) is 23.5. The maximum atomic E-state index is 13.5. The minimum absolute atomic E-state index is 0.253. The van der Waals surface area contributed by atoms with E-state index in [2.05, 4.69) is 46.6 Å². The molecule has 1 amide bonds. The number of piperidine rings is 1. The van der Waals surface area contributed by atoms with E-state index < -0.39 is 6.04 Å². The molecule has 1 atom stereocenters. The molecule has 8 nitrogen and oxygen atoms in total. The fourth-order valence-electron chi connectivity index (χ4n) is 5.33. The fourth-order valence-corrected chi connectivity index (χ4v) is 5.33. The average molecular weight is 549 g/mol. The topological polar surface area (TPSA) is 96.0 Å². The molecule has 1 aliphatic rings. The van der Waals surface area contributed by atoms with Gasteiger partial charge in [0.15, 0.2) is 6.29 Å². The second-order valence-corrected chi connectivity index (χ2v) is 10.6. The number of rotatable bonds is 9. The summed E-state index contributed by atoms with van der Waals surface area (Å²) in [5.74, 6) is 0.333. The highest BCUT2D eigenvalue weighted by molar-refractivity contribution is 5.98. The summed E-state index contributed by atoms with van der Waals surface area (Å²) in [6.07, 6.45) is 6.52. The molecule has 3 N–H and O–H groups in total. The molecule has 1 unspecified atom stereocenters. The van der Waals surface area contributed by atoms with Crippen LogP contribution in [0.5, 0.6) is 0 Å². The maximum Gasteiger partial charge on any atom is 0.251 e. The molecule has 0 bridgehead atoms. The van der Waals surface area contributed by atoms with Crippen LogP contribution >= 0.6 is 0 Å². The van der Waals surface area contributed by atoms with Gasteiger partial charge >= 0.3 is 0 Å². The van der Waals surface area contributed by atoms with Gasteiger partial charge in [-0.2, -0.15) is 5.10 Å². The number of nitrogens with two attached hydrogens (primary N) is 1. The van der Waals surface area contributed by atoms with Crippen molar-refractivity contribution in [1.29, 1.82) is 0 Å². The van der Waals surface area contributed by atoms with Crippen molar-refractivity contribution in [2.75, 3.05) is 38.2 Å². The lowest BCUT2D eigenvalue weighted by Crippen LogP contribution is -2.34. The molecule has 8 heteroatoms. The molecule has 0 spiro atoms. The number of carbonyl (C=O) groups is 2. The molecule has 1 fully saturated rings. The van der Waals surface area contributed by atoms with Crippen molar-refractivity contribution in [3.05, 3.63) is 108 Å². The first-order valence-corrected chi connectivity index (χ1v) is 13.9. The first-order valence-electron chi connectivity index (χ1n) is 13.9. The Morgan fingerprint density at radius 1 is 1.00 bits per heavy atom. The van der Waals surface area contributed by atoms with Crippen LogP contribution in [0.3, 0.4) is 0 Å². The highest BCUT2D eigenvalue weighted by Gasteiger charge is 2.25. The van der Waals surface area contributed by atoms with Crippen molar-refractivity contribution >= 4 is 29.9 Å². The molecular formula is C33H36N6O2. The molecule has 2 heterocycles. The van der Waals surface area contributed by atoms with Gasteiger partial charge in [0.1, 0.15) is 18.1 Å². The Morgan fingerprint density at radius 3 is 2.37 bits per heavy atom. The average Bonchev–Trinajstić information content (AvgIpc) is 3.42. The largest absolute Gasteiger partial charge is 0.397 e. The zero-order valence-electron chi connectivity index (χ0n) is 23.5. The van der Waals surface area contributed by atoms with Gasteiger partial charge in [-0.25, -0.2) is 4.68 Å². The Morgan fingerprint density at radius 2 is 1.68 bits per heavy atom. The first-order chi connectivity index (χ1) is 19.9. The number of amides is 1. The maximum absolute atomic E-state index is 13.5. The SMILES string of the molecule is CN1CCC(c2ccc(-c3cc(C=O)n(/N=C\N(C)C(C(=O)Nc4ccccc4N)c4ccccc4)c3)cc2)CC1. The Bertz CT molecular complexity index is 1500. The van der Waals surface area contributed by atoms with Gasteiger partial charge in [-0.1, -0.05) is 66.7 Å².